The molecule has 0 aromatic rings. The minimum absolute atomic E-state index is 0.344. The third kappa shape index (κ3) is 6.13. The number of hydrogen-bond acceptors (Lipinski definition) is 2. The first-order valence-electron chi connectivity index (χ1n) is 8.41. The van der Waals surface area contributed by atoms with Crippen LogP contribution in [0.2, 0.25) is 0 Å². The van der Waals surface area contributed by atoms with Crippen LogP contribution in [0.25, 0.3) is 0 Å². The Morgan fingerprint density at radius 3 is 2.41 bits per heavy atom. The van der Waals surface area contributed by atoms with Crippen LogP contribution in [0.5, 0.6) is 0 Å². The number of nitrogens with zero attached hydrogens (tertiary/aromatic N) is 2. The van der Waals surface area contributed by atoms with Gasteiger partial charge in [-0.2, -0.15) is 0 Å². The molecule has 0 heterocycles. The van der Waals surface area contributed by atoms with Crippen LogP contribution >= 0.6 is 0 Å². The Balaban J connectivity index is 3.21. The summed E-state index contributed by atoms with van der Waals surface area (Å²) in [5, 5.41) is 0. The van der Waals surface area contributed by atoms with Crippen molar-refractivity contribution in [1.29, 1.82) is 0 Å². The van der Waals surface area contributed by atoms with Crippen LogP contribution in [-0.2, 0) is 0 Å². The van der Waals surface area contributed by atoms with Gasteiger partial charge < -0.3 is 0 Å². The molecular formula is C20H32N2. The molecule has 0 aromatic carbocycles. The van der Waals surface area contributed by atoms with Crippen LogP contribution in [0.3, 0.4) is 0 Å². The standard InChI is InChI=1S/C20H32N2/c1-8-10-19(22-15(3)4)18(14-21-17(6)9-2)16(5)13-20(7)11-12-20/h8,10,14,17H,3,9,11-13H2,1-2,4-7H3/b10-8-,18-16-,21-14-,22-19+. The Bertz CT molecular complexity index is 514. The number of allylic oxidation sites excluding steroid dienone is 5. The molecule has 0 saturated heterocycles. The van der Waals surface area contributed by atoms with Gasteiger partial charge in [-0.15, -0.1) is 0 Å². The molecule has 0 bridgehead atoms. The molecule has 0 amide bonds. The Morgan fingerprint density at radius 1 is 1.32 bits per heavy atom. The molecular weight excluding hydrogens is 268 g/mol. The van der Waals surface area contributed by atoms with Gasteiger partial charge in [0.25, 0.3) is 0 Å². The average molecular weight is 300 g/mol. The van der Waals surface area contributed by atoms with Crippen molar-refractivity contribution in [2.45, 2.75) is 73.3 Å². The molecule has 1 atom stereocenters. The summed E-state index contributed by atoms with van der Waals surface area (Å²) in [6, 6.07) is 0.344. The van der Waals surface area contributed by atoms with Crippen molar-refractivity contribution in [2.75, 3.05) is 0 Å². The zero-order valence-electron chi connectivity index (χ0n) is 15.2. The summed E-state index contributed by atoms with van der Waals surface area (Å²) in [6.07, 6.45) is 11.0. The maximum Gasteiger partial charge on any atom is 0.0716 e. The first-order chi connectivity index (χ1) is 10.3. The van der Waals surface area contributed by atoms with Crippen molar-refractivity contribution in [2.24, 2.45) is 15.4 Å². The van der Waals surface area contributed by atoms with Gasteiger partial charge in [-0.3, -0.25) is 9.98 Å². The molecule has 1 fully saturated rings. The highest BCUT2D eigenvalue weighted by Gasteiger charge is 2.37. The fourth-order valence-electron chi connectivity index (χ4n) is 2.38. The van der Waals surface area contributed by atoms with Crippen LogP contribution in [0.4, 0.5) is 0 Å². The van der Waals surface area contributed by atoms with Gasteiger partial charge >= 0.3 is 0 Å². The summed E-state index contributed by atoms with van der Waals surface area (Å²) in [6.45, 7) is 16.8. The van der Waals surface area contributed by atoms with E-state index in [-0.39, 0.29) is 0 Å². The molecule has 22 heavy (non-hydrogen) atoms. The second-order valence-corrected chi connectivity index (χ2v) is 6.95. The van der Waals surface area contributed by atoms with Crippen molar-refractivity contribution in [1.82, 2.24) is 0 Å². The van der Waals surface area contributed by atoms with Crippen molar-refractivity contribution in [3.05, 3.63) is 35.6 Å². The molecule has 2 nitrogen and oxygen atoms in total. The van der Waals surface area contributed by atoms with Crippen LogP contribution < -0.4 is 0 Å². The van der Waals surface area contributed by atoms with E-state index in [0.717, 1.165) is 29.8 Å². The van der Waals surface area contributed by atoms with E-state index in [9.17, 15) is 0 Å². The maximum atomic E-state index is 4.70. The molecule has 1 unspecified atom stereocenters. The predicted octanol–water partition coefficient (Wildman–Crippen LogP) is 5.91. The Hall–Kier alpha value is -1.44. The highest BCUT2D eigenvalue weighted by molar-refractivity contribution is 6.22. The first-order valence-corrected chi connectivity index (χ1v) is 8.41. The third-order valence-electron chi connectivity index (χ3n) is 4.22. The highest BCUT2D eigenvalue weighted by Crippen LogP contribution is 2.50. The summed E-state index contributed by atoms with van der Waals surface area (Å²) in [7, 11) is 0. The molecule has 0 aliphatic heterocycles. The molecule has 0 radical (unpaired) electrons. The van der Waals surface area contributed by atoms with Gasteiger partial charge in [0.2, 0.25) is 0 Å². The molecule has 2 heteroatoms. The molecule has 1 aliphatic rings. The third-order valence-corrected chi connectivity index (χ3v) is 4.22. The summed E-state index contributed by atoms with van der Waals surface area (Å²) < 4.78 is 0. The Kier molecular flexibility index (Phi) is 6.99. The average Bonchev–Trinajstić information content (AvgIpc) is 3.15. The lowest BCUT2D eigenvalue weighted by Crippen LogP contribution is -2.09. The molecule has 0 aromatic heterocycles. The van der Waals surface area contributed by atoms with Crippen LogP contribution in [0.1, 0.15) is 67.2 Å². The van der Waals surface area contributed by atoms with Crippen molar-refractivity contribution in [3.63, 3.8) is 0 Å². The maximum absolute atomic E-state index is 4.70. The van der Waals surface area contributed by atoms with Gasteiger partial charge in [0.05, 0.1) is 5.71 Å². The summed E-state index contributed by atoms with van der Waals surface area (Å²) in [5.41, 5.74) is 4.83. The second-order valence-electron chi connectivity index (χ2n) is 6.95. The fraction of sp³-hybridized carbons (Fsp3) is 0.600. The molecule has 0 spiro atoms. The molecule has 1 aliphatic carbocycles. The number of aliphatic imine (C=N–C) groups is 2. The summed E-state index contributed by atoms with van der Waals surface area (Å²) in [5.74, 6) is 0. The van der Waals surface area contributed by atoms with Gasteiger partial charge in [-0.05, 0) is 64.9 Å². The van der Waals surface area contributed by atoms with Crippen molar-refractivity contribution in [3.8, 4) is 0 Å². The smallest absolute Gasteiger partial charge is 0.0716 e. The van der Waals surface area contributed by atoms with Gasteiger partial charge in [0.15, 0.2) is 0 Å². The van der Waals surface area contributed by atoms with Gasteiger partial charge in [-0.25, -0.2) is 0 Å². The topological polar surface area (TPSA) is 24.7 Å². The second kappa shape index (κ2) is 8.26. The largest absolute Gasteiger partial charge is 0.289 e. The molecule has 1 saturated carbocycles. The van der Waals surface area contributed by atoms with E-state index in [1.165, 1.54) is 18.4 Å². The van der Waals surface area contributed by atoms with Crippen LogP contribution in [-0.4, -0.2) is 18.0 Å². The van der Waals surface area contributed by atoms with Crippen LogP contribution in [0.15, 0.2) is 45.6 Å². The lowest BCUT2D eigenvalue weighted by Gasteiger charge is -2.14. The monoisotopic (exact) mass is 300 g/mol. The normalized spacial score (nSPS) is 20.4. The van der Waals surface area contributed by atoms with E-state index in [0.29, 0.717) is 11.5 Å². The quantitative estimate of drug-likeness (QED) is 0.498. The predicted molar refractivity (Wildman–Crippen MR) is 100.0 cm³/mol. The van der Waals surface area contributed by atoms with Gasteiger partial charge in [-0.1, -0.05) is 32.1 Å². The fourth-order valence-corrected chi connectivity index (χ4v) is 2.38. The minimum Gasteiger partial charge on any atom is -0.289 e. The van der Waals surface area contributed by atoms with E-state index < -0.39 is 0 Å². The van der Waals surface area contributed by atoms with Crippen molar-refractivity contribution >= 4 is 11.9 Å². The Morgan fingerprint density at radius 2 is 1.95 bits per heavy atom. The highest BCUT2D eigenvalue weighted by atomic mass is 14.8. The summed E-state index contributed by atoms with van der Waals surface area (Å²) in [4.78, 5) is 9.33. The molecule has 1 rings (SSSR count). The van der Waals surface area contributed by atoms with E-state index in [2.05, 4.69) is 45.3 Å². The zero-order chi connectivity index (χ0) is 16.8. The van der Waals surface area contributed by atoms with E-state index in [1.807, 2.05) is 26.1 Å². The van der Waals surface area contributed by atoms with E-state index in [1.54, 1.807) is 0 Å². The number of rotatable bonds is 8. The van der Waals surface area contributed by atoms with Crippen molar-refractivity contribution < 1.29 is 0 Å². The summed E-state index contributed by atoms with van der Waals surface area (Å²) >= 11 is 0. The molecule has 122 valence electrons. The lowest BCUT2D eigenvalue weighted by molar-refractivity contribution is 0.566. The SMILES string of the molecule is C=C(C)/N=C(\C=C/C)C(/C=N\C(C)CC)=C(/C)CC1(C)CC1. The van der Waals surface area contributed by atoms with Crippen LogP contribution in [0, 0.1) is 5.41 Å². The van der Waals surface area contributed by atoms with E-state index >= 15 is 0 Å². The lowest BCUT2D eigenvalue weighted by atomic mass is 9.94. The number of hydrogen-bond donors (Lipinski definition) is 0. The minimum atomic E-state index is 0.344. The zero-order valence-corrected chi connectivity index (χ0v) is 15.2. The first kappa shape index (κ1) is 18.6. The van der Waals surface area contributed by atoms with Gasteiger partial charge in [0.1, 0.15) is 0 Å². The van der Waals surface area contributed by atoms with E-state index in [4.69, 9.17) is 4.99 Å². The Labute approximate surface area is 136 Å². The molecule has 0 N–H and O–H groups in total. The van der Waals surface area contributed by atoms with Gasteiger partial charge in [0, 0.05) is 23.5 Å².